The van der Waals surface area contributed by atoms with Crippen LogP contribution in [0.1, 0.15) is 15.9 Å². The van der Waals surface area contributed by atoms with Crippen molar-refractivity contribution < 1.29 is 14.3 Å². The predicted octanol–water partition coefficient (Wildman–Crippen LogP) is 2.24. The number of ether oxygens (including phenoxy) is 1. The number of rotatable bonds is 3. The molecule has 1 amide bonds. The van der Waals surface area contributed by atoms with Crippen LogP contribution in [0.2, 0.25) is 0 Å². The van der Waals surface area contributed by atoms with Gasteiger partial charge in [0, 0.05) is 11.1 Å². The number of Topliss-reactive ketones (excluding diaryl/α,β-unsaturated/α-hetero) is 1. The lowest BCUT2D eigenvalue weighted by Gasteiger charge is -2.08. The molecule has 0 saturated carbocycles. The second-order valence-corrected chi connectivity index (χ2v) is 4.35. The molecule has 1 aliphatic rings. The highest BCUT2D eigenvalue weighted by atomic mass is 16.5. The topological polar surface area (TPSA) is 55.7 Å². The van der Waals surface area contributed by atoms with E-state index in [1.54, 1.807) is 42.5 Å². The quantitative estimate of drug-likeness (QED) is 0.631. The number of amides is 1. The zero-order chi connectivity index (χ0) is 13.9. The lowest BCUT2D eigenvalue weighted by atomic mass is 10.1. The molecule has 4 heteroatoms. The van der Waals surface area contributed by atoms with Crippen molar-refractivity contribution in [3.05, 3.63) is 71.8 Å². The first kappa shape index (κ1) is 12.3. The van der Waals surface area contributed by atoms with Crippen LogP contribution in [0.4, 0.5) is 0 Å². The van der Waals surface area contributed by atoms with E-state index in [0.717, 1.165) is 0 Å². The molecule has 0 N–H and O–H groups in total. The minimum atomic E-state index is -1.17. The molecule has 1 aliphatic heterocycles. The van der Waals surface area contributed by atoms with Gasteiger partial charge in [0.1, 0.15) is 0 Å². The van der Waals surface area contributed by atoms with Crippen molar-refractivity contribution in [1.82, 2.24) is 0 Å². The van der Waals surface area contributed by atoms with Crippen LogP contribution < -0.4 is 0 Å². The zero-order valence-electron chi connectivity index (χ0n) is 10.5. The summed E-state index contributed by atoms with van der Waals surface area (Å²) in [5, 5.41) is 0. The average molecular weight is 265 g/mol. The second kappa shape index (κ2) is 5.09. The summed E-state index contributed by atoms with van der Waals surface area (Å²) in [5.74, 6) is -0.729. The number of carbonyl (C=O) groups excluding carboxylic acids is 2. The van der Waals surface area contributed by atoms with Crippen LogP contribution in [0.5, 0.6) is 0 Å². The highest BCUT2D eigenvalue weighted by Crippen LogP contribution is 2.17. The van der Waals surface area contributed by atoms with Crippen molar-refractivity contribution in [2.75, 3.05) is 0 Å². The molecule has 0 fully saturated rings. The molecular formula is C16H11NO3. The van der Waals surface area contributed by atoms with Crippen molar-refractivity contribution >= 4 is 17.6 Å². The summed E-state index contributed by atoms with van der Waals surface area (Å²) in [6, 6.07) is 17.6. The van der Waals surface area contributed by atoms with Crippen molar-refractivity contribution in [2.45, 2.75) is 6.10 Å². The molecule has 0 spiro atoms. The monoisotopic (exact) mass is 265 g/mol. The molecule has 0 radical (unpaired) electrons. The largest absolute Gasteiger partial charge is 0.455 e. The summed E-state index contributed by atoms with van der Waals surface area (Å²) >= 11 is 0. The lowest BCUT2D eigenvalue weighted by Crippen LogP contribution is -2.28. The van der Waals surface area contributed by atoms with Crippen molar-refractivity contribution in [1.29, 1.82) is 0 Å². The molecule has 1 atom stereocenters. The maximum atomic E-state index is 12.2. The summed E-state index contributed by atoms with van der Waals surface area (Å²) in [5.41, 5.74) is 1.12. The number of hydrogen-bond acceptors (Lipinski definition) is 3. The molecule has 0 aliphatic carbocycles. The minimum absolute atomic E-state index is 0.199. The van der Waals surface area contributed by atoms with Gasteiger partial charge in [-0.25, -0.2) is 0 Å². The van der Waals surface area contributed by atoms with E-state index in [-0.39, 0.29) is 11.7 Å². The lowest BCUT2D eigenvalue weighted by molar-refractivity contribution is -0.120. The molecule has 1 heterocycles. The van der Waals surface area contributed by atoms with Gasteiger partial charge in [-0.3, -0.25) is 9.59 Å². The molecular weight excluding hydrogens is 254 g/mol. The fraction of sp³-hybridized carbons (Fsp3) is 0.0625. The fourth-order valence-electron chi connectivity index (χ4n) is 1.98. The second-order valence-electron chi connectivity index (χ2n) is 4.35. The van der Waals surface area contributed by atoms with E-state index >= 15 is 0 Å². The Morgan fingerprint density at radius 2 is 1.55 bits per heavy atom. The van der Waals surface area contributed by atoms with E-state index in [1.165, 1.54) is 0 Å². The van der Waals surface area contributed by atoms with Gasteiger partial charge in [0.2, 0.25) is 17.8 Å². The van der Waals surface area contributed by atoms with Gasteiger partial charge < -0.3 is 4.74 Å². The van der Waals surface area contributed by atoms with Crippen molar-refractivity contribution in [3.8, 4) is 0 Å². The zero-order valence-corrected chi connectivity index (χ0v) is 10.5. The third kappa shape index (κ3) is 2.23. The summed E-state index contributed by atoms with van der Waals surface area (Å²) in [6.45, 7) is 0. The third-order valence-corrected chi connectivity index (χ3v) is 2.98. The predicted molar refractivity (Wildman–Crippen MR) is 73.6 cm³/mol. The van der Waals surface area contributed by atoms with E-state index in [2.05, 4.69) is 4.99 Å². The molecule has 0 saturated heterocycles. The molecule has 4 nitrogen and oxygen atoms in total. The van der Waals surface area contributed by atoms with E-state index in [4.69, 9.17) is 4.74 Å². The van der Waals surface area contributed by atoms with Crippen LogP contribution in [0.15, 0.2) is 65.7 Å². The minimum Gasteiger partial charge on any atom is -0.455 e. The first-order valence-corrected chi connectivity index (χ1v) is 6.19. The Morgan fingerprint density at radius 1 is 0.950 bits per heavy atom. The number of hydrogen-bond donors (Lipinski definition) is 0. The molecule has 3 rings (SSSR count). The Bertz CT molecular complexity index is 677. The number of benzene rings is 2. The van der Waals surface area contributed by atoms with Gasteiger partial charge in [0.05, 0.1) is 0 Å². The van der Waals surface area contributed by atoms with E-state index in [0.29, 0.717) is 11.1 Å². The van der Waals surface area contributed by atoms with Gasteiger partial charge in [-0.1, -0.05) is 48.5 Å². The maximum absolute atomic E-state index is 12.2. The Labute approximate surface area is 115 Å². The Kier molecular flexibility index (Phi) is 3.13. The van der Waals surface area contributed by atoms with Crippen LogP contribution in [0.3, 0.4) is 0 Å². The molecule has 2 aromatic carbocycles. The van der Waals surface area contributed by atoms with Crippen molar-refractivity contribution in [2.24, 2.45) is 4.99 Å². The molecule has 98 valence electrons. The normalized spacial score (nSPS) is 17.5. The molecule has 0 aromatic heterocycles. The Hall–Kier alpha value is -2.75. The molecule has 20 heavy (non-hydrogen) atoms. The smallest absolute Gasteiger partial charge is 0.298 e. The average Bonchev–Trinajstić information content (AvgIpc) is 2.90. The molecule has 0 bridgehead atoms. The summed E-state index contributed by atoms with van der Waals surface area (Å²) in [7, 11) is 0. The van der Waals surface area contributed by atoms with Crippen LogP contribution in [0.25, 0.3) is 0 Å². The van der Waals surface area contributed by atoms with E-state index in [1.807, 2.05) is 18.2 Å². The van der Waals surface area contributed by atoms with Crippen LogP contribution in [-0.2, 0) is 9.53 Å². The highest BCUT2D eigenvalue weighted by molar-refractivity contribution is 6.20. The SMILES string of the molecule is O=C1N=C(c2ccccc2)O[C@@H]1C(=O)c1ccccc1. The third-order valence-electron chi connectivity index (χ3n) is 2.98. The fourth-order valence-corrected chi connectivity index (χ4v) is 1.98. The number of carbonyl (C=O) groups is 2. The van der Waals surface area contributed by atoms with Crippen molar-refractivity contribution in [3.63, 3.8) is 0 Å². The number of aliphatic imine (C=N–C) groups is 1. The Balaban J connectivity index is 1.83. The summed E-state index contributed by atoms with van der Waals surface area (Å²) in [4.78, 5) is 27.9. The van der Waals surface area contributed by atoms with Crippen LogP contribution >= 0.6 is 0 Å². The molecule has 0 unspecified atom stereocenters. The van der Waals surface area contributed by atoms with E-state index in [9.17, 15) is 9.59 Å². The van der Waals surface area contributed by atoms with Gasteiger partial charge >= 0.3 is 0 Å². The highest BCUT2D eigenvalue weighted by Gasteiger charge is 2.36. The standard InChI is InChI=1S/C16H11NO3/c18-13(11-7-3-1-4-8-11)14-15(19)17-16(20-14)12-9-5-2-6-10-12/h1-10,14H/t14-/m1/s1. The first-order chi connectivity index (χ1) is 9.75. The van der Waals surface area contributed by atoms with Gasteiger partial charge in [0.15, 0.2) is 0 Å². The van der Waals surface area contributed by atoms with Gasteiger partial charge in [-0.2, -0.15) is 4.99 Å². The summed E-state index contributed by atoms with van der Waals surface area (Å²) in [6.07, 6.45) is -1.17. The maximum Gasteiger partial charge on any atom is 0.298 e. The molecule has 2 aromatic rings. The van der Waals surface area contributed by atoms with E-state index < -0.39 is 12.0 Å². The first-order valence-electron chi connectivity index (χ1n) is 6.19. The Morgan fingerprint density at radius 3 is 2.20 bits per heavy atom. The van der Waals surface area contributed by atoms with Crippen LogP contribution in [0, 0.1) is 0 Å². The van der Waals surface area contributed by atoms with Gasteiger partial charge in [0.25, 0.3) is 5.91 Å². The van der Waals surface area contributed by atoms with Crippen LogP contribution in [-0.4, -0.2) is 23.7 Å². The number of ketones is 1. The van der Waals surface area contributed by atoms with Gasteiger partial charge in [-0.05, 0) is 12.1 Å². The number of nitrogens with zero attached hydrogens (tertiary/aromatic N) is 1. The summed E-state index contributed by atoms with van der Waals surface area (Å²) < 4.78 is 5.43. The van der Waals surface area contributed by atoms with Gasteiger partial charge in [-0.15, -0.1) is 0 Å².